The van der Waals surface area contributed by atoms with Gasteiger partial charge in [-0.1, -0.05) is 31.7 Å². The highest BCUT2D eigenvalue weighted by atomic mass is 16.6. The predicted molar refractivity (Wildman–Crippen MR) is 92.4 cm³/mol. The molecule has 2 aliphatic carbocycles. The Hall–Kier alpha value is -1.88. The van der Waals surface area contributed by atoms with Crippen LogP contribution in [0.3, 0.4) is 0 Å². The Labute approximate surface area is 148 Å². The summed E-state index contributed by atoms with van der Waals surface area (Å²) in [5.74, 6) is -1.40. The summed E-state index contributed by atoms with van der Waals surface area (Å²) >= 11 is 0. The van der Waals surface area contributed by atoms with Crippen molar-refractivity contribution in [3.63, 3.8) is 0 Å². The Kier molecular flexibility index (Phi) is 4.40. The summed E-state index contributed by atoms with van der Waals surface area (Å²) in [7, 11) is 0. The van der Waals surface area contributed by atoms with Crippen molar-refractivity contribution in [3.05, 3.63) is 36.0 Å². The minimum atomic E-state index is -0.555. The third-order valence-electron chi connectivity index (χ3n) is 6.30. The maximum atomic E-state index is 12.3. The molecule has 5 nitrogen and oxygen atoms in total. The third-order valence-corrected chi connectivity index (χ3v) is 6.30. The van der Waals surface area contributed by atoms with Gasteiger partial charge in [0.05, 0.1) is 12.0 Å². The largest absolute Gasteiger partial charge is 0.458 e. The zero-order valence-electron chi connectivity index (χ0n) is 15.1. The molecule has 3 rings (SSSR count). The minimum Gasteiger partial charge on any atom is -0.458 e. The molecular weight excluding hydrogens is 320 g/mol. The van der Waals surface area contributed by atoms with Crippen LogP contribution in [0.2, 0.25) is 0 Å². The van der Waals surface area contributed by atoms with Gasteiger partial charge in [0, 0.05) is 22.5 Å². The number of rotatable bonds is 2. The molecule has 0 bridgehead atoms. The Morgan fingerprint density at radius 3 is 2.76 bits per heavy atom. The number of aliphatic hydroxyl groups excluding tert-OH is 1. The van der Waals surface area contributed by atoms with E-state index in [9.17, 15) is 14.7 Å². The fourth-order valence-electron chi connectivity index (χ4n) is 4.69. The maximum Gasteiger partial charge on any atom is 0.334 e. The third kappa shape index (κ3) is 2.65. The molecule has 2 saturated carbocycles. The van der Waals surface area contributed by atoms with Crippen molar-refractivity contribution < 1.29 is 24.2 Å². The first-order valence-corrected chi connectivity index (χ1v) is 8.80. The van der Waals surface area contributed by atoms with E-state index in [1.54, 1.807) is 19.9 Å². The molecule has 6 atom stereocenters. The fourth-order valence-corrected chi connectivity index (χ4v) is 4.69. The summed E-state index contributed by atoms with van der Waals surface area (Å²) in [6, 6.07) is 0. The van der Waals surface area contributed by atoms with Crippen molar-refractivity contribution in [1.29, 1.82) is 0 Å². The van der Waals surface area contributed by atoms with E-state index in [2.05, 4.69) is 13.2 Å². The molecule has 0 aromatic rings. The first-order valence-electron chi connectivity index (χ1n) is 8.80. The summed E-state index contributed by atoms with van der Waals surface area (Å²) in [5.41, 5.74) is 1.29. The van der Waals surface area contributed by atoms with Gasteiger partial charge in [-0.3, -0.25) is 0 Å². The molecule has 1 saturated heterocycles. The molecule has 3 fully saturated rings. The van der Waals surface area contributed by atoms with Gasteiger partial charge in [-0.2, -0.15) is 0 Å². The lowest BCUT2D eigenvalue weighted by Crippen LogP contribution is -2.58. The van der Waals surface area contributed by atoms with Crippen molar-refractivity contribution in [2.24, 2.45) is 17.3 Å². The second kappa shape index (κ2) is 6.13. The van der Waals surface area contributed by atoms with Crippen LogP contribution >= 0.6 is 0 Å². The number of aliphatic hydroxyl groups is 1. The van der Waals surface area contributed by atoms with Crippen LogP contribution in [0.15, 0.2) is 36.0 Å². The summed E-state index contributed by atoms with van der Waals surface area (Å²) in [6.45, 7) is 13.5. The standard InChI is InChI=1S/C20H26O5/c1-6-10(2)18(22)24-13-9-20(5)14(21)8-7-11(3)16(20)17-15(13)12(4)19(23)25-17/h6,13-17,21H,3-4,7-9H2,1-2,5H3. The van der Waals surface area contributed by atoms with E-state index >= 15 is 0 Å². The topological polar surface area (TPSA) is 72.8 Å². The molecule has 3 aliphatic rings. The van der Waals surface area contributed by atoms with Gasteiger partial charge in [0.1, 0.15) is 12.2 Å². The zero-order valence-corrected chi connectivity index (χ0v) is 15.1. The Morgan fingerprint density at radius 2 is 2.12 bits per heavy atom. The van der Waals surface area contributed by atoms with Crippen LogP contribution in [0, 0.1) is 17.3 Å². The van der Waals surface area contributed by atoms with Gasteiger partial charge < -0.3 is 14.6 Å². The Morgan fingerprint density at radius 1 is 1.44 bits per heavy atom. The van der Waals surface area contributed by atoms with E-state index in [0.717, 1.165) is 5.57 Å². The highest BCUT2D eigenvalue weighted by Crippen LogP contribution is 2.57. The first kappa shape index (κ1) is 17.9. The Bertz CT molecular complexity index is 676. The number of hydrogen-bond donors (Lipinski definition) is 1. The van der Waals surface area contributed by atoms with Crippen LogP contribution in [-0.4, -0.2) is 35.4 Å². The van der Waals surface area contributed by atoms with Crippen LogP contribution in [0.4, 0.5) is 0 Å². The molecule has 1 N–H and O–H groups in total. The van der Waals surface area contributed by atoms with E-state index in [0.29, 0.717) is 30.4 Å². The van der Waals surface area contributed by atoms with E-state index in [-0.39, 0.29) is 11.8 Å². The highest BCUT2D eigenvalue weighted by Gasteiger charge is 2.62. The molecule has 25 heavy (non-hydrogen) atoms. The average Bonchev–Trinajstić information content (AvgIpc) is 2.85. The molecule has 1 heterocycles. The van der Waals surface area contributed by atoms with Crippen LogP contribution in [0.5, 0.6) is 0 Å². The minimum absolute atomic E-state index is 0.151. The molecule has 0 aromatic heterocycles. The molecule has 0 radical (unpaired) electrons. The van der Waals surface area contributed by atoms with E-state index in [1.165, 1.54) is 0 Å². The van der Waals surface area contributed by atoms with Crippen molar-refractivity contribution >= 4 is 11.9 Å². The Balaban J connectivity index is 1.99. The lowest BCUT2D eigenvalue weighted by molar-refractivity contribution is -0.175. The monoisotopic (exact) mass is 346 g/mol. The highest BCUT2D eigenvalue weighted by molar-refractivity contribution is 5.92. The fraction of sp³-hybridized carbons (Fsp3) is 0.600. The second-order valence-corrected chi connectivity index (χ2v) is 7.74. The smallest absolute Gasteiger partial charge is 0.334 e. The van der Waals surface area contributed by atoms with Crippen molar-refractivity contribution in [1.82, 2.24) is 0 Å². The van der Waals surface area contributed by atoms with Crippen LogP contribution < -0.4 is 0 Å². The van der Waals surface area contributed by atoms with Crippen molar-refractivity contribution in [3.8, 4) is 0 Å². The van der Waals surface area contributed by atoms with Gasteiger partial charge in [-0.15, -0.1) is 0 Å². The van der Waals surface area contributed by atoms with E-state index < -0.39 is 35.7 Å². The molecule has 6 unspecified atom stereocenters. The van der Waals surface area contributed by atoms with Gasteiger partial charge in [0.15, 0.2) is 0 Å². The molecule has 0 aromatic carbocycles. The molecule has 136 valence electrons. The summed E-state index contributed by atoms with van der Waals surface area (Å²) in [4.78, 5) is 24.5. The number of carbonyl (C=O) groups excluding carboxylic acids is 2. The first-order chi connectivity index (χ1) is 11.7. The molecule has 0 amide bonds. The maximum absolute atomic E-state index is 12.3. The predicted octanol–water partition coefficient (Wildman–Crippen LogP) is 2.70. The number of carbonyl (C=O) groups is 2. The van der Waals surface area contributed by atoms with Crippen LogP contribution in [0.25, 0.3) is 0 Å². The van der Waals surface area contributed by atoms with Crippen LogP contribution in [-0.2, 0) is 19.1 Å². The van der Waals surface area contributed by atoms with Gasteiger partial charge in [-0.05, 0) is 33.1 Å². The van der Waals surface area contributed by atoms with Gasteiger partial charge in [0.2, 0.25) is 0 Å². The van der Waals surface area contributed by atoms with Gasteiger partial charge in [0.25, 0.3) is 0 Å². The lowest BCUT2D eigenvalue weighted by atomic mass is 9.53. The molecule has 5 heteroatoms. The SMILES string of the molecule is C=C1C(=O)OC2C1C(OC(=O)C(C)=CC)CC1(C)C(O)CCC(=C)C21. The summed E-state index contributed by atoms with van der Waals surface area (Å²) < 4.78 is 11.3. The molecule has 1 aliphatic heterocycles. The number of ether oxygens (including phenoxy) is 2. The summed E-state index contributed by atoms with van der Waals surface area (Å²) in [6.07, 6.45) is 1.88. The quantitative estimate of drug-likeness (QED) is 0.473. The number of hydrogen-bond acceptors (Lipinski definition) is 5. The average molecular weight is 346 g/mol. The second-order valence-electron chi connectivity index (χ2n) is 7.74. The van der Waals surface area contributed by atoms with Crippen molar-refractivity contribution in [2.45, 2.75) is 58.3 Å². The van der Waals surface area contributed by atoms with Gasteiger partial charge >= 0.3 is 11.9 Å². The van der Waals surface area contributed by atoms with Crippen molar-refractivity contribution in [2.75, 3.05) is 0 Å². The zero-order chi connectivity index (χ0) is 18.5. The van der Waals surface area contributed by atoms with Gasteiger partial charge in [-0.25, -0.2) is 9.59 Å². The summed E-state index contributed by atoms with van der Waals surface area (Å²) in [5, 5.41) is 10.7. The van der Waals surface area contributed by atoms with E-state index in [4.69, 9.17) is 9.47 Å². The number of allylic oxidation sites excluding steroid dienone is 1. The molecule has 0 spiro atoms. The number of esters is 2. The number of fused-ring (bicyclic) bond motifs is 3. The lowest BCUT2D eigenvalue weighted by Gasteiger charge is -2.54. The van der Waals surface area contributed by atoms with Crippen LogP contribution in [0.1, 0.15) is 40.0 Å². The van der Waals surface area contributed by atoms with E-state index in [1.807, 2.05) is 6.92 Å². The molecular formula is C20H26O5. The normalized spacial score (nSPS) is 41.0.